The van der Waals surface area contributed by atoms with Crippen LogP contribution in [0, 0.1) is 0 Å². The van der Waals surface area contributed by atoms with Crippen LogP contribution in [0.5, 0.6) is 0 Å². The highest BCUT2D eigenvalue weighted by Crippen LogP contribution is 2.53. The second kappa shape index (κ2) is 6.49. The lowest BCUT2D eigenvalue weighted by atomic mass is 9.88. The zero-order valence-corrected chi connectivity index (χ0v) is 20.5. The fourth-order valence-corrected chi connectivity index (χ4v) is 7.58. The van der Waals surface area contributed by atoms with Gasteiger partial charge in [0.05, 0.1) is 0 Å². The first-order valence-corrected chi connectivity index (χ1v) is 13.4. The van der Waals surface area contributed by atoms with Gasteiger partial charge in [-0.05, 0) is 110 Å². The normalized spacial score (nSPS) is 12.7. The fraction of sp³-hybridized carbons (Fsp3) is 0. The minimum absolute atomic E-state index is 1.31. The zero-order chi connectivity index (χ0) is 24.5. The van der Waals surface area contributed by atoms with Gasteiger partial charge in [0.1, 0.15) is 0 Å². The standard InChI is InChI=1S/C38H20/c1-3-11-24-22(9-1)23-10-2-4-12-25(23)33-20-35-31-18-16-29-27-14-6-8-21-7-5-13-26(36(21)27)28-15-17-30(38(31)37(28)29)34(35)19-32(24)33/h1-20H. The highest BCUT2D eigenvalue weighted by atomic mass is 14.3. The van der Waals surface area contributed by atoms with E-state index in [1.165, 1.54) is 97.7 Å². The van der Waals surface area contributed by atoms with Gasteiger partial charge in [-0.15, -0.1) is 0 Å². The zero-order valence-electron chi connectivity index (χ0n) is 20.5. The topological polar surface area (TPSA) is 0 Å². The monoisotopic (exact) mass is 476 g/mol. The van der Waals surface area contributed by atoms with Crippen LogP contribution in [-0.2, 0) is 0 Å². The second-order valence-corrected chi connectivity index (χ2v) is 10.8. The molecule has 1 aliphatic rings. The van der Waals surface area contributed by atoms with Gasteiger partial charge in [-0.3, -0.25) is 0 Å². The molecule has 0 heterocycles. The number of hydrogen-bond acceptors (Lipinski definition) is 0. The number of benzene rings is 9. The molecule has 172 valence electrons. The Kier molecular flexibility index (Phi) is 3.28. The third kappa shape index (κ3) is 2.12. The Morgan fingerprint density at radius 1 is 0.237 bits per heavy atom. The Bertz CT molecular complexity index is 2330. The summed E-state index contributed by atoms with van der Waals surface area (Å²) in [5.74, 6) is 0. The van der Waals surface area contributed by atoms with Crippen LogP contribution in [0.3, 0.4) is 0 Å². The van der Waals surface area contributed by atoms with Gasteiger partial charge < -0.3 is 0 Å². The van der Waals surface area contributed by atoms with Crippen molar-refractivity contribution >= 4 is 75.4 Å². The largest absolute Gasteiger partial charge is 0.0616 e. The number of hydrogen-bond donors (Lipinski definition) is 0. The molecular weight excluding hydrogens is 456 g/mol. The van der Waals surface area contributed by atoms with Crippen molar-refractivity contribution in [2.45, 2.75) is 0 Å². The van der Waals surface area contributed by atoms with E-state index in [0.29, 0.717) is 0 Å². The summed E-state index contributed by atoms with van der Waals surface area (Å²) in [5.41, 5.74) is 5.44. The van der Waals surface area contributed by atoms with Crippen molar-refractivity contribution in [1.82, 2.24) is 0 Å². The molecule has 0 amide bonds. The van der Waals surface area contributed by atoms with E-state index in [2.05, 4.69) is 121 Å². The molecule has 0 bridgehead atoms. The molecule has 0 saturated carbocycles. The summed E-state index contributed by atoms with van der Waals surface area (Å²) in [5, 5.41) is 18.9. The Morgan fingerprint density at radius 2 is 0.658 bits per heavy atom. The maximum absolute atomic E-state index is 2.47. The summed E-state index contributed by atoms with van der Waals surface area (Å²) in [6.07, 6.45) is 0. The van der Waals surface area contributed by atoms with Crippen molar-refractivity contribution in [3.63, 3.8) is 0 Å². The van der Waals surface area contributed by atoms with Crippen LogP contribution in [-0.4, -0.2) is 0 Å². The molecule has 0 spiro atoms. The molecule has 0 aromatic heterocycles. The lowest BCUT2D eigenvalue weighted by molar-refractivity contribution is 1.75. The van der Waals surface area contributed by atoms with Crippen molar-refractivity contribution in [2.24, 2.45) is 0 Å². The average molecular weight is 477 g/mol. The van der Waals surface area contributed by atoms with Crippen LogP contribution in [0.25, 0.3) is 97.7 Å². The molecule has 0 fully saturated rings. The van der Waals surface area contributed by atoms with E-state index in [4.69, 9.17) is 0 Å². The van der Waals surface area contributed by atoms with Crippen molar-refractivity contribution in [2.75, 3.05) is 0 Å². The minimum Gasteiger partial charge on any atom is -0.0616 e. The van der Waals surface area contributed by atoms with Crippen molar-refractivity contribution in [1.29, 1.82) is 0 Å². The quantitative estimate of drug-likeness (QED) is 0.151. The molecule has 0 saturated heterocycles. The smallest absolute Gasteiger partial charge is 0.00139 e. The average Bonchev–Trinajstić information content (AvgIpc) is 3.30. The van der Waals surface area contributed by atoms with Crippen LogP contribution in [0.1, 0.15) is 0 Å². The molecule has 0 aliphatic heterocycles. The lowest BCUT2D eigenvalue weighted by Crippen LogP contribution is -1.87. The van der Waals surface area contributed by atoms with Gasteiger partial charge in [0.2, 0.25) is 0 Å². The predicted molar refractivity (Wildman–Crippen MR) is 165 cm³/mol. The van der Waals surface area contributed by atoms with Gasteiger partial charge in [0.15, 0.2) is 0 Å². The van der Waals surface area contributed by atoms with Crippen LogP contribution >= 0.6 is 0 Å². The maximum atomic E-state index is 2.47. The first-order chi connectivity index (χ1) is 18.9. The summed E-state index contributed by atoms with van der Waals surface area (Å²) in [7, 11) is 0. The highest BCUT2D eigenvalue weighted by Gasteiger charge is 2.26. The SMILES string of the molecule is c1ccc2c(c1)c1ccccc1c1cc3c(cc21)-c1ccc2c4cccc5cccc(c6ccc-3c1c26)c54. The van der Waals surface area contributed by atoms with Gasteiger partial charge in [0, 0.05) is 0 Å². The molecule has 0 radical (unpaired) electrons. The molecule has 9 aromatic rings. The summed E-state index contributed by atoms with van der Waals surface area (Å²) in [6, 6.07) is 45.6. The summed E-state index contributed by atoms with van der Waals surface area (Å²) < 4.78 is 0. The van der Waals surface area contributed by atoms with E-state index in [-0.39, 0.29) is 0 Å². The maximum Gasteiger partial charge on any atom is -0.00139 e. The van der Waals surface area contributed by atoms with E-state index in [0.717, 1.165) is 0 Å². The Morgan fingerprint density at radius 3 is 1.16 bits per heavy atom. The second-order valence-electron chi connectivity index (χ2n) is 10.8. The van der Waals surface area contributed by atoms with Crippen LogP contribution in [0.4, 0.5) is 0 Å². The van der Waals surface area contributed by atoms with Crippen LogP contribution in [0.2, 0.25) is 0 Å². The Hall–Kier alpha value is -4.94. The van der Waals surface area contributed by atoms with Crippen molar-refractivity contribution in [3.8, 4) is 22.3 Å². The van der Waals surface area contributed by atoms with Gasteiger partial charge >= 0.3 is 0 Å². The van der Waals surface area contributed by atoms with E-state index in [1.807, 2.05) is 0 Å². The first-order valence-electron chi connectivity index (χ1n) is 13.4. The molecular formula is C38H20. The summed E-state index contributed by atoms with van der Waals surface area (Å²) >= 11 is 0. The molecule has 0 unspecified atom stereocenters. The molecule has 0 N–H and O–H groups in total. The van der Waals surface area contributed by atoms with Crippen LogP contribution < -0.4 is 0 Å². The molecule has 0 atom stereocenters. The van der Waals surface area contributed by atoms with Crippen molar-refractivity contribution < 1.29 is 0 Å². The van der Waals surface area contributed by atoms with E-state index >= 15 is 0 Å². The lowest BCUT2D eigenvalue weighted by Gasteiger charge is -2.15. The van der Waals surface area contributed by atoms with Crippen molar-refractivity contribution in [3.05, 3.63) is 121 Å². The third-order valence-corrected chi connectivity index (χ3v) is 9.11. The number of fused-ring (bicyclic) bond motifs is 11. The molecule has 38 heavy (non-hydrogen) atoms. The van der Waals surface area contributed by atoms with Gasteiger partial charge in [-0.25, -0.2) is 0 Å². The summed E-state index contributed by atoms with van der Waals surface area (Å²) in [4.78, 5) is 0. The number of rotatable bonds is 0. The molecule has 10 rings (SSSR count). The summed E-state index contributed by atoms with van der Waals surface area (Å²) in [6.45, 7) is 0. The minimum atomic E-state index is 1.31. The highest BCUT2D eigenvalue weighted by molar-refractivity contribution is 6.38. The molecule has 1 aliphatic carbocycles. The van der Waals surface area contributed by atoms with E-state index < -0.39 is 0 Å². The van der Waals surface area contributed by atoms with E-state index in [1.54, 1.807) is 0 Å². The van der Waals surface area contributed by atoms with E-state index in [9.17, 15) is 0 Å². The molecule has 0 heteroatoms. The fourth-order valence-electron chi connectivity index (χ4n) is 7.58. The van der Waals surface area contributed by atoms with Gasteiger partial charge in [-0.2, -0.15) is 0 Å². The first kappa shape index (κ1) is 19.2. The van der Waals surface area contributed by atoms with Gasteiger partial charge in [-0.1, -0.05) is 109 Å². The third-order valence-electron chi connectivity index (χ3n) is 9.11. The molecule has 9 aromatic carbocycles. The molecule has 0 nitrogen and oxygen atoms in total. The Balaban J connectivity index is 1.43. The predicted octanol–water partition coefficient (Wildman–Crippen LogP) is 10.8. The van der Waals surface area contributed by atoms with Gasteiger partial charge in [0.25, 0.3) is 0 Å². The van der Waals surface area contributed by atoms with Crippen LogP contribution in [0.15, 0.2) is 121 Å². The Labute approximate surface area is 218 Å².